The van der Waals surface area contributed by atoms with Crippen LogP contribution in [0.15, 0.2) is 30.3 Å². The van der Waals surface area contributed by atoms with Gasteiger partial charge in [-0.15, -0.1) is 0 Å². The smallest absolute Gasteiger partial charge is 0.366 e. The Kier molecular flexibility index (Phi) is 5.22. The predicted molar refractivity (Wildman–Crippen MR) is 84.7 cm³/mol. The van der Waals surface area contributed by atoms with Crippen LogP contribution in [0, 0.1) is 19.7 Å². The predicted octanol–water partition coefficient (Wildman–Crippen LogP) is 5.50. The summed E-state index contributed by atoms with van der Waals surface area (Å²) in [7, 11) is 0. The molecule has 0 radical (unpaired) electrons. The van der Waals surface area contributed by atoms with Gasteiger partial charge < -0.3 is 5.73 Å². The highest BCUT2D eigenvalue weighted by molar-refractivity contribution is 5.94. The molecule has 1 amide bonds. The summed E-state index contributed by atoms with van der Waals surface area (Å²) in [5.74, 6) is -2.20. The van der Waals surface area contributed by atoms with Crippen molar-refractivity contribution in [3.8, 4) is 11.1 Å². The fourth-order valence-corrected chi connectivity index (χ4v) is 2.99. The number of hydrogen-bond donors (Lipinski definition) is 1. The second kappa shape index (κ2) is 6.75. The average Bonchev–Trinajstić information content (AvgIpc) is 2.52. The van der Waals surface area contributed by atoms with E-state index in [1.807, 2.05) is 0 Å². The molecular formula is C18H13F8NO. The van der Waals surface area contributed by atoms with E-state index in [1.165, 1.54) is 12.1 Å². The first-order valence-corrected chi connectivity index (χ1v) is 7.65. The zero-order chi connectivity index (χ0) is 21.7. The number of benzene rings is 2. The Morgan fingerprint density at radius 2 is 1.36 bits per heavy atom. The van der Waals surface area contributed by atoms with Crippen LogP contribution in [0.4, 0.5) is 35.1 Å². The fourth-order valence-electron chi connectivity index (χ4n) is 2.99. The molecule has 2 N–H and O–H groups in total. The van der Waals surface area contributed by atoms with Crippen molar-refractivity contribution in [3.05, 3.63) is 58.4 Å². The number of carbonyl (C=O) groups excluding carboxylic acids is 1. The zero-order valence-corrected chi connectivity index (χ0v) is 14.4. The highest BCUT2D eigenvalue weighted by atomic mass is 19.4. The van der Waals surface area contributed by atoms with Gasteiger partial charge in [-0.3, -0.25) is 4.79 Å². The Bertz CT molecular complexity index is 893. The number of hydrogen-bond acceptors (Lipinski definition) is 1. The van der Waals surface area contributed by atoms with E-state index in [1.54, 1.807) is 0 Å². The first-order valence-electron chi connectivity index (χ1n) is 7.65. The number of halogens is 8. The summed E-state index contributed by atoms with van der Waals surface area (Å²) in [5, 5.41) is 0. The van der Waals surface area contributed by atoms with Crippen LogP contribution in [0.25, 0.3) is 11.1 Å². The summed E-state index contributed by atoms with van der Waals surface area (Å²) >= 11 is 0. The second-order valence-electron chi connectivity index (χ2n) is 6.17. The molecule has 28 heavy (non-hydrogen) atoms. The van der Waals surface area contributed by atoms with Gasteiger partial charge in [-0.05, 0) is 36.6 Å². The van der Waals surface area contributed by atoms with Gasteiger partial charge in [0, 0.05) is 11.1 Å². The summed E-state index contributed by atoms with van der Waals surface area (Å²) in [4.78, 5) is 11.3. The van der Waals surface area contributed by atoms with Crippen molar-refractivity contribution in [2.45, 2.75) is 31.9 Å². The Balaban J connectivity index is 2.78. The van der Waals surface area contributed by atoms with Gasteiger partial charge in [0.25, 0.3) is 5.91 Å². The molecule has 0 saturated carbocycles. The average molecular weight is 411 g/mol. The summed E-state index contributed by atoms with van der Waals surface area (Å²) in [5.41, 5.74) is -3.56. The van der Waals surface area contributed by atoms with Crippen LogP contribution in [0.3, 0.4) is 0 Å². The lowest BCUT2D eigenvalue weighted by Gasteiger charge is -2.31. The molecule has 0 bridgehead atoms. The molecule has 0 aliphatic rings. The normalized spacial score (nSPS) is 12.9. The van der Waals surface area contributed by atoms with E-state index >= 15 is 0 Å². The van der Waals surface area contributed by atoms with Gasteiger partial charge in [0.15, 0.2) is 0 Å². The molecule has 2 rings (SSSR count). The molecule has 0 atom stereocenters. The van der Waals surface area contributed by atoms with Gasteiger partial charge in [0.05, 0.1) is 5.56 Å². The molecule has 0 unspecified atom stereocenters. The highest BCUT2D eigenvalue weighted by Crippen LogP contribution is 2.54. The quantitative estimate of drug-likeness (QED) is 0.667. The number of alkyl halides is 7. The van der Waals surface area contributed by atoms with E-state index in [2.05, 4.69) is 0 Å². The standard InChI is InChI=1S/C18H13F8NO/c1-8-6-10(16(20,17(21,22)23)18(24,25)26)7-9(2)13(8)11-4-3-5-12(14(11)19)15(27)28/h3-7H,1-2H3,(H2,27,28). The van der Waals surface area contributed by atoms with E-state index in [-0.39, 0.29) is 22.3 Å². The topological polar surface area (TPSA) is 43.1 Å². The van der Waals surface area contributed by atoms with Crippen molar-refractivity contribution in [2.75, 3.05) is 0 Å². The minimum atomic E-state index is -6.26. The highest BCUT2D eigenvalue weighted by Gasteiger charge is 2.73. The molecule has 152 valence electrons. The molecule has 2 nitrogen and oxygen atoms in total. The van der Waals surface area contributed by atoms with Gasteiger partial charge in [-0.25, -0.2) is 8.78 Å². The van der Waals surface area contributed by atoms with Gasteiger partial charge in [0.1, 0.15) is 5.82 Å². The van der Waals surface area contributed by atoms with Crippen LogP contribution >= 0.6 is 0 Å². The maximum Gasteiger partial charge on any atom is 0.435 e. The maximum atomic E-state index is 14.5. The van der Waals surface area contributed by atoms with Crippen molar-refractivity contribution in [1.29, 1.82) is 0 Å². The third kappa shape index (κ3) is 3.31. The summed E-state index contributed by atoms with van der Waals surface area (Å²) in [6.45, 7) is 2.21. The summed E-state index contributed by atoms with van der Waals surface area (Å²) in [6, 6.07) is 4.21. The molecule has 0 fully saturated rings. The van der Waals surface area contributed by atoms with Crippen molar-refractivity contribution in [1.82, 2.24) is 0 Å². The van der Waals surface area contributed by atoms with Crippen molar-refractivity contribution < 1.29 is 39.9 Å². The van der Waals surface area contributed by atoms with E-state index in [4.69, 9.17) is 5.73 Å². The lowest BCUT2D eigenvalue weighted by atomic mass is 9.86. The number of nitrogens with two attached hydrogens (primary N) is 1. The number of carbonyl (C=O) groups is 1. The van der Waals surface area contributed by atoms with Crippen LogP contribution < -0.4 is 5.73 Å². The van der Waals surface area contributed by atoms with E-state index in [9.17, 15) is 39.9 Å². The van der Waals surface area contributed by atoms with Crippen LogP contribution in [0.1, 0.15) is 27.0 Å². The molecule has 10 heteroatoms. The number of primary amides is 1. The first-order chi connectivity index (χ1) is 12.6. The zero-order valence-electron chi connectivity index (χ0n) is 14.4. The molecular weight excluding hydrogens is 398 g/mol. The first kappa shape index (κ1) is 21.6. The molecule has 0 aromatic heterocycles. The van der Waals surface area contributed by atoms with E-state index < -0.39 is 40.9 Å². The van der Waals surface area contributed by atoms with E-state index in [0.717, 1.165) is 19.9 Å². The van der Waals surface area contributed by atoms with Crippen LogP contribution in [0.2, 0.25) is 0 Å². The Labute approximate surface area is 154 Å². The Hall–Kier alpha value is -2.65. The number of amides is 1. The fraction of sp³-hybridized carbons (Fsp3) is 0.278. The maximum absolute atomic E-state index is 14.5. The Morgan fingerprint density at radius 1 is 0.893 bits per heavy atom. The van der Waals surface area contributed by atoms with Gasteiger partial charge in [0.2, 0.25) is 0 Å². The van der Waals surface area contributed by atoms with Crippen molar-refractivity contribution in [3.63, 3.8) is 0 Å². The summed E-state index contributed by atoms with van der Waals surface area (Å²) < 4.78 is 107. The van der Waals surface area contributed by atoms with Gasteiger partial charge in [-0.2, -0.15) is 26.3 Å². The SMILES string of the molecule is Cc1cc(C(F)(C(F)(F)F)C(F)(F)F)cc(C)c1-c1cccc(C(N)=O)c1F. The van der Waals surface area contributed by atoms with Crippen LogP contribution in [-0.2, 0) is 5.67 Å². The lowest BCUT2D eigenvalue weighted by Crippen LogP contribution is -2.50. The number of aryl methyl sites for hydroxylation is 2. The minimum absolute atomic E-state index is 0.0731. The third-order valence-corrected chi connectivity index (χ3v) is 4.25. The molecule has 2 aromatic rings. The Morgan fingerprint density at radius 3 is 1.75 bits per heavy atom. The van der Waals surface area contributed by atoms with Gasteiger partial charge >= 0.3 is 18.0 Å². The van der Waals surface area contributed by atoms with Gasteiger partial charge in [-0.1, -0.05) is 24.3 Å². The summed E-state index contributed by atoms with van der Waals surface area (Å²) in [6.07, 6.45) is -12.5. The number of rotatable bonds is 3. The third-order valence-electron chi connectivity index (χ3n) is 4.25. The molecule has 0 heterocycles. The molecule has 0 spiro atoms. The second-order valence-corrected chi connectivity index (χ2v) is 6.17. The largest absolute Gasteiger partial charge is 0.435 e. The van der Waals surface area contributed by atoms with Crippen LogP contribution in [-0.4, -0.2) is 18.3 Å². The lowest BCUT2D eigenvalue weighted by molar-refractivity contribution is -0.348. The molecule has 2 aromatic carbocycles. The van der Waals surface area contributed by atoms with Crippen LogP contribution in [0.5, 0.6) is 0 Å². The molecule has 0 aliphatic carbocycles. The van der Waals surface area contributed by atoms with Crippen molar-refractivity contribution >= 4 is 5.91 Å². The molecule has 0 aliphatic heterocycles. The minimum Gasteiger partial charge on any atom is -0.366 e. The monoisotopic (exact) mass is 411 g/mol. The molecule has 0 saturated heterocycles. The van der Waals surface area contributed by atoms with E-state index in [0.29, 0.717) is 12.1 Å². The van der Waals surface area contributed by atoms with Crippen molar-refractivity contribution in [2.24, 2.45) is 5.73 Å².